The summed E-state index contributed by atoms with van der Waals surface area (Å²) in [6.45, 7) is 5.49. The minimum Gasteiger partial charge on any atom is -0.457 e. The van der Waals surface area contributed by atoms with Crippen LogP contribution in [0.15, 0.2) is 0 Å². The summed E-state index contributed by atoms with van der Waals surface area (Å²) in [6.07, 6.45) is 17.4. The van der Waals surface area contributed by atoms with Crippen molar-refractivity contribution in [3.63, 3.8) is 0 Å². The number of phosphoric acid groups is 1. The van der Waals surface area contributed by atoms with Gasteiger partial charge in [0, 0.05) is 13.0 Å². The summed E-state index contributed by atoms with van der Waals surface area (Å²) in [5, 5.41) is 0. The molecule has 37 heavy (non-hydrogen) atoms. The van der Waals surface area contributed by atoms with Crippen molar-refractivity contribution < 1.29 is 37.3 Å². The van der Waals surface area contributed by atoms with E-state index in [1.807, 2.05) is 21.1 Å². The molecule has 0 spiro atoms. The molecule has 0 saturated heterocycles. The van der Waals surface area contributed by atoms with Crippen LogP contribution in [0.4, 0.5) is 0 Å². The molecule has 0 aromatic heterocycles. The van der Waals surface area contributed by atoms with Gasteiger partial charge < -0.3 is 18.9 Å². The van der Waals surface area contributed by atoms with E-state index in [2.05, 4.69) is 13.8 Å². The van der Waals surface area contributed by atoms with Gasteiger partial charge in [0.15, 0.2) is 0 Å². The Morgan fingerprint density at radius 2 is 1.24 bits per heavy atom. The van der Waals surface area contributed by atoms with Crippen LogP contribution in [0.25, 0.3) is 0 Å². The van der Waals surface area contributed by atoms with Crippen molar-refractivity contribution in [2.24, 2.45) is 0 Å². The number of likely N-dealkylation sites (N-methyl/N-ethyl adjacent to an activating group) is 1. The Hall–Kier alpha value is -0.500. The summed E-state index contributed by atoms with van der Waals surface area (Å²) < 4.78 is 34.3. The highest BCUT2D eigenvalue weighted by Gasteiger charge is 2.26. The van der Waals surface area contributed by atoms with Crippen LogP contribution in [0.2, 0.25) is 0 Å². The van der Waals surface area contributed by atoms with Crippen LogP contribution in [0.1, 0.15) is 117 Å². The lowest BCUT2D eigenvalue weighted by atomic mass is 10.1. The molecule has 0 aromatic rings. The van der Waals surface area contributed by atoms with Crippen molar-refractivity contribution in [2.75, 3.05) is 54.1 Å². The van der Waals surface area contributed by atoms with Gasteiger partial charge in [0.1, 0.15) is 19.3 Å². The number of unbranched alkanes of at least 4 members (excludes halogenated alkanes) is 13. The Morgan fingerprint density at radius 1 is 0.730 bits per heavy atom. The van der Waals surface area contributed by atoms with Crippen molar-refractivity contribution in [3.05, 3.63) is 0 Å². The zero-order valence-corrected chi connectivity index (χ0v) is 25.6. The van der Waals surface area contributed by atoms with Crippen molar-refractivity contribution in [2.45, 2.75) is 123 Å². The number of carbonyl (C=O) groups is 1. The molecule has 1 N–H and O–H groups in total. The number of quaternary nitrogens is 1. The molecule has 9 heteroatoms. The summed E-state index contributed by atoms with van der Waals surface area (Å²) in [4.78, 5) is 22.3. The Morgan fingerprint density at radius 3 is 1.78 bits per heavy atom. The average Bonchev–Trinajstić information content (AvgIpc) is 2.82. The van der Waals surface area contributed by atoms with Gasteiger partial charge >= 0.3 is 13.8 Å². The molecule has 8 nitrogen and oxygen atoms in total. The monoisotopic (exact) mass is 552 g/mol. The number of esters is 1. The van der Waals surface area contributed by atoms with E-state index < -0.39 is 13.9 Å². The molecule has 0 heterocycles. The summed E-state index contributed by atoms with van der Waals surface area (Å²) in [5.74, 6) is -0.332. The molecule has 0 fully saturated rings. The standard InChI is InChI=1S/C28H58NO7P/c1-6-8-10-12-13-14-15-16-17-18-20-23-33-25-27(36-28(30)21-19-11-9-7-2)26-35-37(31,32)34-24-22-29(3,4)5/h27H,6-26H2,1-5H3/p+1. The van der Waals surface area contributed by atoms with E-state index in [1.165, 1.54) is 57.8 Å². The molecule has 0 aliphatic carbocycles. The van der Waals surface area contributed by atoms with E-state index in [1.54, 1.807) is 0 Å². The second kappa shape index (κ2) is 23.4. The van der Waals surface area contributed by atoms with Crippen molar-refractivity contribution >= 4 is 13.8 Å². The SMILES string of the molecule is CCCCCCCCCCCCCOCC(COP(=O)(O)OCC[N+](C)(C)C)OC(=O)CCCCCC. The molecule has 2 atom stereocenters. The van der Waals surface area contributed by atoms with Gasteiger partial charge in [-0.1, -0.05) is 97.3 Å². The zero-order chi connectivity index (χ0) is 27.8. The first-order valence-corrected chi connectivity index (χ1v) is 16.3. The molecule has 0 aliphatic rings. The third kappa shape index (κ3) is 26.9. The van der Waals surface area contributed by atoms with Crippen LogP contribution >= 0.6 is 7.82 Å². The highest BCUT2D eigenvalue weighted by molar-refractivity contribution is 7.47. The average molecular weight is 553 g/mol. The highest BCUT2D eigenvalue weighted by atomic mass is 31.2. The summed E-state index contributed by atoms with van der Waals surface area (Å²) in [5.41, 5.74) is 0. The van der Waals surface area contributed by atoms with Gasteiger partial charge in [-0.15, -0.1) is 0 Å². The molecule has 0 amide bonds. The molecule has 0 rings (SSSR count). The lowest BCUT2D eigenvalue weighted by molar-refractivity contribution is -0.870. The van der Waals surface area contributed by atoms with E-state index >= 15 is 0 Å². The van der Waals surface area contributed by atoms with E-state index in [4.69, 9.17) is 18.5 Å². The molecule has 2 unspecified atom stereocenters. The predicted octanol–water partition coefficient (Wildman–Crippen LogP) is 7.04. The molecule has 0 radical (unpaired) electrons. The molecular weight excluding hydrogens is 493 g/mol. The van der Waals surface area contributed by atoms with Gasteiger partial charge in [0.2, 0.25) is 0 Å². The molecule has 0 bridgehead atoms. The number of nitrogens with zero attached hydrogens (tertiary/aromatic N) is 1. The van der Waals surface area contributed by atoms with E-state index in [0.29, 0.717) is 24.1 Å². The van der Waals surface area contributed by atoms with Gasteiger partial charge in [0.05, 0.1) is 34.4 Å². The van der Waals surface area contributed by atoms with Crippen LogP contribution in [0.5, 0.6) is 0 Å². The van der Waals surface area contributed by atoms with E-state index in [0.717, 1.165) is 38.5 Å². The molecule has 0 aliphatic heterocycles. The van der Waals surface area contributed by atoms with Gasteiger partial charge in [-0.25, -0.2) is 4.57 Å². The largest absolute Gasteiger partial charge is 0.472 e. The summed E-state index contributed by atoms with van der Waals surface area (Å²) in [6, 6.07) is 0. The minimum absolute atomic E-state index is 0.0918. The predicted molar refractivity (Wildman–Crippen MR) is 151 cm³/mol. The number of hydrogen-bond acceptors (Lipinski definition) is 6. The van der Waals surface area contributed by atoms with Crippen LogP contribution < -0.4 is 0 Å². The molecule has 222 valence electrons. The first-order valence-electron chi connectivity index (χ1n) is 14.8. The van der Waals surface area contributed by atoms with Crippen molar-refractivity contribution in [1.29, 1.82) is 0 Å². The number of rotatable bonds is 27. The van der Waals surface area contributed by atoms with Crippen LogP contribution in [-0.4, -0.2) is 75.6 Å². The second-order valence-corrected chi connectivity index (χ2v) is 12.6. The zero-order valence-electron chi connectivity index (χ0n) is 24.7. The lowest BCUT2D eigenvalue weighted by Gasteiger charge is -2.24. The first kappa shape index (κ1) is 36.5. The maximum Gasteiger partial charge on any atom is 0.472 e. The number of carbonyl (C=O) groups excluding carboxylic acids is 1. The Labute approximate surface area is 228 Å². The lowest BCUT2D eigenvalue weighted by Crippen LogP contribution is -2.37. The fourth-order valence-electron chi connectivity index (χ4n) is 3.78. The van der Waals surface area contributed by atoms with Gasteiger partial charge in [0.25, 0.3) is 0 Å². The van der Waals surface area contributed by atoms with Crippen LogP contribution in [0, 0.1) is 0 Å². The molecular formula is C28H59NO7P+. The summed E-state index contributed by atoms with van der Waals surface area (Å²) >= 11 is 0. The summed E-state index contributed by atoms with van der Waals surface area (Å²) in [7, 11) is 1.67. The molecule has 0 saturated carbocycles. The Kier molecular flexibility index (Phi) is 23.1. The second-order valence-electron chi connectivity index (χ2n) is 11.1. The fraction of sp³-hybridized carbons (Fsp3) is 0.964. The Balaban J connectivity index is 4.26. The van der Waals surface area contributed by atoms with Crippen molar-refractivity contribution in [3.8, 4) is 0 Å². The van der Waals surface area contributed by atoms with Crippen LogP contribution in [-0.2, 0) is 27.9 Å². The third-order valence-corrected chi connectivity index (χ3v) is 7.15. The van der Waals surface area contributed by atoms with E-state index in [9.17, 15) is 14.3 Å². The highest BCUT2D eigenvalue weighted by Crippen LogP contribution is 2.43. The Bertz CT molecular complexity index is 583. The third-order valence-electron chi connectivity index (χ3n) is 6.17. The topological polar surface area (TPSA) is 91.3 Å². The quantitative estimate of drug-likeness (QED) is 0.0506. The molecule has 0 aromatic carbocycles. The van der Waals surface area contributed by atoms with Crippen molar-refractivity contribution in [1.82, 2.24) is 0 Å². The van der Waals surface area contributed by atoms with Crippen LogP contribution in [0.3, 0.4) is 0 Å². The normalized spacial score (nSPS) is 14.4. The fourth-order valence-corrected chi connectivity index (χ4v) is 4.53. The van der Waals surface area contributed by atoms with Gasteiger partial charge in [-0.3, -0.25) is 13.8 Å². The number of hydrogen-bond donors (Lipinski definition) is 1. The maximum atomic E-state index is 12.3. The van der Waals surface area contributed by atoms with Gasteiger partial charge in [-0.2, -0.15) is 0 Å². The minimum atomic E-state index is -4.23. The van der Waals surface area contributed by atoms with E-state index in [-0.39, 0.29) is 25.8 Å². The first-order chi connectivity index (χ1) is 17.6. The number of ether oxygens (including phenoxy) is 2. The number of phosphoric ester groups is 1. The maximum absolute atomic E-state index is 12.3. The smallest absolute Gasteiger partial charge is 0.457 e. The van der Waals surface area contributed by atoms with Gasteiger partial charge in [-0.05, 0) is 12.8 Å².